The molecule has 0 aliphatic heterocycles. The van der Waals surface area contributed by atoms with Crippen LogP contribution in [0.25, 0.3) is 0 Å². The molecule has 0 spiro atoms. The van der Waals surface area contributed by atoms with Crippen LogP contribution >= 0.6 is 9.24 Å². The number of hydrogen-bond acceptors (Lipinski definition) is 1. The molecule has 0 radical (unpaired) electrons. The molecule has 0 bridgehead atoms. The molecule has 1 rings (SSSR count). The topological polar surface area (TPSA) is 35.0 Å². The zero-order valence-electron chi connectivity index (χ0n) is 6.52. The lowest BCUT2D eigenvalue weighted by Crippen LogP contribution is -1.97. The van der Waals surface area contributed by atoms with Crippen LogP contribution in [0.2, 0.25) is 0 Å². The monoisotopic (exact) mass is 155 g/mol. The maximum atomic E-state index is 2.72. The molecule has 1 nitrogen and oxygen atoms in total. The zero-order valence-corrected chi connectivity index (χ0v) is 7.67. The number of benzene rings is 1. The molecule has 2 heteroatoms. The van der Waals surface area contributed by atoms with Crippen LogP contribution in [0.1, 0.15) is 11.1 Å². The summed E-state index contributed by atoms with van der Waals surface area (Å²) in [6.45, 7) is 4.26. The van der Waals surface area contributed by atoms with E-state index in [1.807, 2.05) is 0 Å². The molecule has 1 unspecified atom stereocenters. The molecule has 56 valence electrons. The van der Waals surface area contributed by atoms with Crippen LogP contribution < -0.4 is 11.5 Å². The van der Waals surface area contributed by atoms with E-state index < -0.39 is 0 Å². The van der Waals surface area contributed by atoms with Gasteiger partial charge < -0.3 is 6.15 Å². The average molecular weight is 155 g/mol. The highest BCUT2D eigenvalue weighted by molar-refractivity contribution is 7.27. The summed E-state index contributed by atoms with van der Waals surface area (Å²) in [5.41, 5.74) is 2.74. The molecule has 3 N–H and O–H groups in total. The Morgan fingerprint density at radius 2 is 1.80 bits per heavy atom. The highest BCUT2D eigenvalue weighted by Crippen LogP contribution is 2.04. The lowest BCUT2D eigenvalue weighted by Gasteiger charge is -2.00. The number of rotatable bonds is 0. The van der Waals surface area contributed by atoms with Crippen molar-refractivity contribution in [2.45, 2.75) is 13.8 Å². The fourth-order valence-electron chi connectivity index (χ4n) is 0.774. The van der Waals surface area contributed by atoms with Crippen LogP contribution in [0.3, 0.4) is 0 Å². The Bertz CT molecular complexity index is 200. The molecule has 0 fully saturated rings. The maximum absolute atomic E-state index is 2.72. The Balaban J connectivity index is 0.000000810. The summed E-state index contributed by atoms with van der Waals surface area (Å²) in [7, 11) is 2.72. The fraction of sp³-hybridized carbons (Fsp3) is 0.250. The van der Waals surface area contributed by atoms with Gasteiger partial charge in [0.25, 0.3) is 0 Å². The summed E-state index contributed by atoms with van der Waals surface area (Å²) < 4.78 is 0. The zero-order chi connectivity index (χ0) is 6.85. The van der Waals surface area contributed by atoms with E-state index >= 15 is 0 Å². The Hall–Kier alpha value is -0.390. The first-order chi connectivity index (χ1) is 4.22. The second-order valence-corrected chi connectivity index (χ2v) is 2.91. The number of hydrogen-bond donors (Lipinski definition) is 1. The van der Waals surface area contributed by atoms with Crippen LogP contribution in [0, 0.1) is 13.8 Å². The summed E-state index contributed by atoms with van der Waals surface area (Å²) in [5, 5.41) is 1.30. The fourth-order valence-corrected chi connectivity index (χ4v) is 1.11. The van der Waals surface area contributed by atoms with Crippen molar-refractivity contribution >= 4 is 14.5 Å². The Morgan fingerprint density at radius 1 is 1.20 bits per heavy atom. The van der Waals surface area contributed by atoms with E-state index in [0.29, 0.717) is 0 Å². The van der Waals surface area contributed by atoms with E-state index in [2.05, 4.69) is 41.3 Å². The molecule has 1 aromatic rings. The lowest BCUT2D eigenvalue weighted by atomic mass is 10.1. The molecule has 0 saturated carbocycles. The minimum atomic E-state index is 0. The summed E-state index contributed by atoms with van der Waals surface area (Å²) >= 11 is 0. The largest absolute Gasteiger partial charge is 0.344 e. The van der Waals surface area contributed by atoms with E-state index in [9.17, 15) is 0 Å². The Morgan fingerprint density at radius 3 is 2.20 bits per heavy atom. The highest BCUT2D eigenvalue weighted by atomic mass is 31.0. The molecule has 10 heavy (non-hydrogen) atoms. The SMILES string of the molecule is Cc1cccc(P)c1C.N. The van der Waals surface area contributed by atoms with Crippen LogP contribution in [0.4, 0.5) is 0 Å². The maximum Gasteiger partial charge on any atom is -0.0271 e. The van der Waals surface area contributed by atoms with Crippen LogP contribution in [-0.2, 0) is 0 Å². The van der Waals surface area contributed by atoms with Gasteiger partial charge in [-0.05, 0) is 30.3 Å². The van der Waals surface area contributed by atoms with Crippen LogP contribution in [0.5, 0.6) is 0 Å². The van der Waals surface area contributed by atoms with Gasteiger partial charge in [0.1, 0.15) is 0 Å². The van der Waals surface area contributed by atoms with E-state index in [1.165, 1.54) is 16.4 Å². The highest BCUT2D eigenvalue weighted by Gasteiger charge is 1.92. The minimum absolute atomic E-state index is 0. The summed E-state index contributed by atoms with van der Waals surface area (Å²) in [4.78, 5) is 0. The van der Waals surface area contributed by atoms with Crippen molar-refractivity contribution in [3.05, 3.63) is 29.3 Å². The molecule has 0 saturated heterocycles. The summed E-state index contributed by atoms with van der Waals surface area (Å²) in [6, 6.07) is 6.31. The van der Waals surface area contributed by atoms with Crippen molar-refractivity contribution in [3.8, 4) is 0 Å². The molecule has 0 aromatic heterocycles. The molecular weight excluding hydrogens is 141 g/mol. The Labute approximate surface area is 64.6 Å². The van der Waals surface area contributed by atoms with Gasteiger partial charge in [0.2, 0.25) is 0 Å². The van der Waals surface area contributed by atoms with Crippen LogP contribution in [-0.4, -0.2) is 0 Å². The van der Waals surface area contributed by atoms with Gasteiger partial charge in [0.05, 0.1) is 0 Å². The van der Waals surface area contributed by atoms with E-state index in [-0.39, 0.29) is 6.15 Å². The minimum Gasteiger partial charge on any atom is -0.344 e. The van der Waals surface area contributed by atoms with Gasteiger partial charge >= 0.3 is 0 Å². The Kier molecular flexibility index (Phi) is 3.55. The first-order valence-corrected chi connectivity index (χ1v) is 3.61. The molecule has 0 aliphatic rings. The molecule has 0 heterocycles. The average Bonchev–Trinajstić information content (AvgIpc) is 1.83. The smallest absolute Gasteiger partial charge is 0.0271 e. The van der Waals surface area contributed by atoms with Gasteiger partial charge in [0.15, 0.2) is 0 Å². The molecule has 1 atom stereocenters. The third-order valence-electron chi connectivity index (χ3n) is 1.65. The third kappa shape index (κ3) is 1.80. The van der Waals surface area contributed by atoms with Gasteiger partial charge in [-0.25, -0.2) is 0 Å². The van der Waals surface area contributed by atoms with Gasteiger partial charge in [-0.2, -0.15) is 0 Å². The first kappa shape index (κ1) is 9.61. The van der Waals surface area contributed by atoms with Gasteiger partial charge in [-0.15, -0.1) is 9.24 Å². The molecule has 0 amide bonds. The van der Waals surface area contributed by atoms with E-state index in [0.717, 1.165) is 0 Å². The quantitative estimate of drug-likeness (QED) is 0.571. The lowest BCUT2D eigenvalue weighted by molar-refractivity contribution is 1.37. The van der Waals surface area contributed by atoms with Crippen molar-refractivity contribution in [1.29, 1.82) is 0 Å². The van der Waals surface area contributed by atoms with Gasteiger partial charge in [-0.3, -0.25) is 0 Å². The van der Waals surface area contributed by atoms with Crippen LogP contribution in [0.15, 0.2) is 18.2 Å². The normalized spacial score (nSPS) is 8.70. The second-order valence-electron chi connectivity index (χ2n) is 2.29. The molecule has 0 aliphatic carbocycles. The van der Waals surface area contributed by atoms with Crippen molar-refractivity contribution in [2.24, 2.45) is 0 Å². The summed E-state index contributed by atoms with van der Waals surface area (Å²) in [6.07, 6.45) is 0. The van der Waals surface area contributed by atoms with Crippen molar-refractivity contribution in [1.82, 2.24) is 6.15 Å². The predicted molar refractivity (Wildman–Crippen MR) is 50.3 cm³/mol. The second kappa shape index (κ2) is 3.70. The van der Waals surface area contributed by atoms with Crippen molar-refractivity contribution in [2.75, 3.05) is 0 Å². The molecular formula is C8H14NP. The van der Waals surface area contributed by atoms with Crippen molar-refractivity contribution < 1.29 is 0 Å². The third-order valence-corrected chi connectivity index (χ3v) is 2.27. The summed E-state index contributed by atoms with van der Waals surface area (Å²) in [5.74, 6) is 0. The number of aryl methyl sites for hydroxylation is 1. The standard InChI is InChI=1S/C8H11P.H3N/c1-6-4-3-5-8(9)7(6)2;/h3-5H,9H2,1-2H3;1H3. The van der Waals surface area contributed by atoms with Gasteiger partial charge in [-0.1, -0.05) is 18.2 Å². The van der Waals surface area contributed by atoms with E-state index in [1.54, 1.807) is 0 Å². The van der Waals surface area contributed by atoms with Gasteiger partial charge in [0, 0.05) is 0 Å². The van der Waals surface area contributed by atoms with E-state index in [4.69, 9.17) is 0 Å². The van der Waals surface area contributed by atoms with Crippen molar-refractivity contribution in [3.63, 3.8) is 0 Å². The predicted octanol–water partition coefficient (Wildman–Crippen LogP) is 1.97. The molecule has 1 aromatic carbocycles. The first-order valence-electron chi connectivity index (χ1n) is 3.03.